The first kappa shape index (κ1) is 17.0. The summed E-state index contributed by atoms with van der Waals surface area (Å²) in [6.07, 6.45) is 0. The number of nitrogens with two attached hydrogens (primary N) is 1. The second kappa shape index (κ2) is 8.26. The molecule has 0 aliphatic carbocycles. The lowest BCUT2D eigenvalue weighted by atomic mass is 10.1. The van der Waals surface area contributed by atoms with Gasteiger partial charge >= 0.3 is 0 Å². The van der Waals surface area contributed by atoms with Gasteiger partial charge in [0, 0.05) is 6.54 Å². The Bertz CT molecular complexity index is 491. The van der Waals surface area contributed by atoms with Crippen molar-refractivity contribution in [3.8, 4) is 5.75 Å². The Kier molecular flexibility index (Phi) is 6.68. The number of carbonyl (C=O) groups is 2. The van der Waals surface area contributed by atoms with E-state index in [1.54, 1.807) is 12.0 Å². The quantitative estimate of drug-likeness (QED) is 0.774. The molecular weight excluding hydrogens is 270 g/mol. The number of carbonyl (C=O) groups excluding carboxylic acids is 2. The molecule has 1 rings (SSSR count). The summed E-state index contributed by atoms with van der Waals surface area (Å²) in [5, 5.41) is 2.50. The molecule has 0 fully saturated rings. The Morgan fingerprint density at radius 1 is 1.43 bits per heavy atom. The zero-order valence-corrected chi connectivity index (χ0v) is 12.8. The Balaban J connectivity index is 2.77. The average molecular weight is 293 g/mol. The fourth-order valence-corrected chi connectivity index (χ4v) is 2.10. The molecule has 21 heavy (non-hydrogen) atoms. The molecule has 6 heteroatoms. The van der Waals surface area contributed by atoms with Crippen molar-refractivity contribution in [2.45, 2.75) is 19.9 Å². The van der Waals surface area contributed by atoms with Crippen molar-refractivity contribution in [1.82, 2.24) is 10.2 Å². The summed E-state index contributed by atoms with van der Waals surface area (Å²) < 4.78 is 5.20. The lowest BCUT2D eigenvalue weighted by Crippen LogP contribution is -2.42. The summed E-state index contributed by atoms with van der Waals surface area (Å²) in [6.45, 7) is 4.24. The van der Waals surface area contributed by atoms with Gasteiger partial charge in [0.15, 0.2) is 0 Å². The molecule has 1 unspecified atom stereocenters. The van der Waals surface area contributed by atoms with Gasteiger partial charge in [0.1, 0.15) is 5.75 Å². The highest BCUT2D eigenvalue weighted by molar-refractivity contribution is 5.85. The normalized spacial score (nSPS) is 11.6. The summed E-state index contributed by atoms with van der Waals surface area (Å²) in [5.74, 6) is 0.266. The third kappa shape index (κ3) is 4.75. The number of likely N-dealkylation sites (N-methyl/N-ethyl adjacent to an activating group) is 1. The summed E-state index contributed by atoms with van der Waals surface area (Å²) in [5.41, 5.74) is 6.18. The maximum absolute atomic E-state index is 12.2. The van der Waals surface area contributed by atoms with Crippen LogP contribution in [0.3, 0.4) is 0 Å². The predicted octanol–water partition coefficient (Wildman–Crippen LogP) is 0.680. The molecule has 3 N–H and O–H groups in total. The number of nitrogens with one attached hydrogen (secondary N) is 1. The maximum Gasteiger partial charge on any atom is 0.242 e. The van der Waals surface area contributed by atoms with Crippen LogP contribution >= 0.6 is 0 Å². The van der Waals surface area contributed by atoms with E-state index in [0.29, 0.717) is 6.54 Å². The number of nitrogens with zero attached hydrogens (tertiary/aromatic N) is 1. The van der Waals surface area contributed by atoms with Crippen molar-refractivity contribution in [2.24, 2.45) is 5.73 Å². The van der Waals surface area contributed by atoms with Gasteiger partial charge in [-0.3, -0.25) is 9.59 Å². The van der Waals surface area contributed by atoms with Crippen LogP contribution in [0.5, 0.6) is 5.75 Å². The van der Waals surface area contributed by atoms with E-state index in [2.05, 4.69) is 5.32 Å². The Morgan fingerprint density at radius 2 is 2.14 bits per heavy atom. The SMILES string of the molecule is CCN(C(=O)CNC(=O)CN)C(C)c1cccc(OC)c1. The van der Waals surface area contributed by atoms with E-state index in [9.17, 15) is 9.59 Å². The number of hydrogen-bond acceptors (Lipinski definition) is 4. The Morgan fingerprint density at radius 3 is 2.71 bits per heavy atom. The molecule has 0 heterocycles. The van der Waals surface area contributed by atoms with Gasteiger partial charge in [-0.05, 0) is 31.5 Å². The molecule has 1 aromatic rings. The Labute approximate surface area is 125 Å². The van der Waals surface area contributed by atoms with E-state index in [1.165, 1.54) is 0 Å². The van der Waals surface area contributed by atoms with E-state index in [-0.39, 0.29) is 30.9 Å². The molecule has 0 spiro atoms. The highest BCUT2D eigenvalue weighted by Gasteiger charge is 2.20. The number of amides is 2. The van der Waals surface area contributed by atoms with Gasteiger partial charge < -0.3 is 20.7 Å². The molecule has 0 aliphatic rings. The lowest BCUT2D eigenvalue weighted by Gasteiger charge is -2.28. The monoisotopic (exact) mass is 293 g/mol. The number of hydrogen-bond donors (Lipinski definition) is 2. The fraction of sp³-hybridized carbons (Fsp3) is 0.467. The van der Waals surface area contributed by atoms with Crippen LogP contribution in [0.15, 0.2) is 24.3 Å². The minimum absolute atomic E-state index is 0.0435. The van der Waals surface area contributed by atoms with Crippen LogP contribution in [-0.2, 0) is 9.59 Å². The van der Waals surface area contributed by atoms with Crippen LogP contribution in [0.1, 0.15) is 25.5 Å². The zero-order valence-electron chi connectivity index (χ0n) is 12.8. The molecule has 0 radical (unpaired) electrons. The van der Waals surface area contributed by atoms with Crippen LogP contribution in [0, 0.1) is 0 Å². The number of methoxy groups -OCH3 is 1. The van der Waals surface area contributed by atoms with Gasteiger partial charge in [0.25, 0.3) is 0 Å². The largest absolute Gasteiger partial charge is 0.497 e. The molecule has 0 aromatic heterocycles. The molecule has 0 saturated carbocycles. The number of ether oxygens (including phenoxy) is 1. The van der Waals surface area contributed by atoms with Gasteiger partial charge in [0.2, 0.25) is 11.8 Å². The highest BCUT2D eigenvalue weighted by atomic mass is 16.5. The smallest absolute Gasteiger partial charge is 0.242 e. The molecular formula is C15H23N3O3. The number of benzene rings is 1. The zero-order chi connectivity index (χ0) is 15.8. The summed E-state index contributed by atoms with van der Waals surface area (Å²) in [7, 11) is 1.61. The summed E-state index contributed by atoms with van der Waals surface area (Å²) in [4.78, 5) is 25.0. The van der Waals surface area contributed by atoms with E-state index in [0.717, 1.165) is 11.3 Å². The van der Waals surface area contributed by atoms with Gasteiger partial charge in [-0.2, -0.15) is 0 Å². The van der Waals surface area contributed by atoms with Crippen molar-refractivity contribution in [3.05, 3.63) is 29.8 Å². The molecule has 6 nitrogen and oxygen atoms in total. The Hall–Kier alpha value is -2.08. The fourth-order valence-electron chi connectivity index (χ4n) is 2.10. The van der Waals surface area contributed by atoms with Gasteiger partial charge in [-0.1, -0.05) is 12.1 Å². The van der Waals surface area contributed by atoms with Crippen molar-refractivity contribution in [2.75, 3.05) is 26.7 Å². The highest BCUT2D eigenvalue weighted by Crippen LogP contribution is 2.23. The molecule has 0 saturated heterocycles. The topological polar surface area (TPSA) is 84.7 Å². The van der Waals surface area contributed by atoms with E-state index < -0.39 is 0 Å². The van der Waals surface area contributed by atoms with Crippen LogP contribution in [-0.4, -0.2) is 43.5 Å². The average Bonchev–Trinajstić information content (AvgIpc) is 2.53. The molecule has 0 aliphatic heterocycles. The molecule has 116 valence electrons. The molecule has 2 amide bonds. The summed E-state index contributed by atoms with van der Waals surface area (Å²) in [6, 6.07) is 7.49. The van der Waals surface area contributed by atoms with Gasteiger partial charge in [-0.25, -0.2) is 0 Å². The first-order chi connectivity index (χ1) is 10.0. The third-order valence-electron chi connectivity index (χ3n) is 3.33. The van der Waals surface area contributed by atoms with E-state index in [4.69, 9.17) is 10.5 Å². The van der Waals surface area contributed by atoms with Crippen molar-refractivity contribution in [3.63, 3.8) is 0 Å². The van der Waals surface area contributed by atoms with Crippen molar-refractivity contribution in [1.29, 1.82) is 0 Å². The number of rotatable bonds is 7. The van der Waals surface area contributed by atoms with E-state index >= 15 is 0 Å². The standard InChI is InChI=1S/C15H23N3O3/c1-4-18(15(20)10-17-14(19)9-16)11(2)12-6-5-7-13(8-12)21-3/h5-8,11H,4,9-10,16H2,1-3H3,(H,17,19). The molecule has 1 aromatic carbocycles. The van der Waals surface area contributed by atoms with Crippen LogP contribution in [0.25, 0.3) is 0 Å². The first-order valence-corrected chi connectivity index (χ1v) is 6.93. The van der Waals surface area contributed by atoms with Crippen LogP contribution in [0.4, 0.5) is 0 Å². The maximum atomic E-state index is 12.2. The predicted molar refractivity (Wildman–Crippen MR) is 80.9 cm³/mol. The van der Waals surface area contributed by atoms with Crippen LogP contribution < -0.4 is 15.8 Å². The second-order valence-corrected chi connectivity index (χ2v) is 4.61. The van der Waals surface area contributed by atoms with Gasteiger partial charge in [0.05, 0.1) is 26.2 Å². The van der Waals surface area contributed by atoms with E-state index in [1.807, 2.05) is 38.1 Å². The molecule has 0 bridgehead atoms. The lowest BCUT2D eigenvalue weighted by molar-refractivity contribution is -0.134. The van der Waals surface area contributed by atoms with Crippen LogP contribution in [0.2, 0.25) is 0 Å². The second-order valence-electron chi connectivity index (χ2n) is 4.61. The molecule has 1 atom stereocenters. The minimum Gasteiger partial charge on any atom is -0.497 e. The summed E-state index contributed by atoms with van der Waals surface area (Å²) >= 11 is 0. The first-order valence-electron chi connectivity index (χ1n) is 6.93. The van der Waals surface area contributed by atoms with Crippen molar-refractivity contribution < 1.29 is 14.3 Å². The van der Waals surface area contributed by atoms with Gasteiger partial charge in [-0.15, -0.1) is 0 Å². The minimum atomic E-state index is -0.339. The third-order valence-corrected chi connectivity index (χ3v) is 3.33. The van der Waals surface area contributed by atoms with Crippen molar-refractivity contribution >= 4 is 11.8 Å².